The van der Waals surface area contributed by atoms with Crippen LogP contribution in [0.3, 0.4) is 0 Å². The Hall–Kier alpha value is -1.88. The molecule has 0 bridgehead atoms. The summed E-state index contributed by atoms with van der Waals surface area (Å²) >= 11 is 0. The number of hydrogen-bond acceptors (Lipinski definition) is 4. The van der Waals surface area contributed by atoms with Crippen LogP contribution in [0.2, 0.25) is 0 Å². The van der Waals surface area contributed by atoms with E-state index < -0.39 is 0 Å². The van der Waals surface area contributed by atoms with Crippen LogP contribution in [0.1, 0.15) is 23.9 Å². The maximum Gasteiger partial charge on any atom is 0.141 e. The van der Waals surface area contributed by atoms with E-state index in [1.165, 1.54) is 11.1 Å². The first-order valence-electron chi connectivity index (χ1n) is 6.72. The molecule has 0 amide bonds. The summed E-state index contributed by atoms with van der Waals surface area (Å²) in [6.07, 6.45) is 2.71. The van der Waals surface area contributed by atoms with Crippen molar-refractivity contribution < 1.29 is 0 Å². The van der Waals surface area contributed by atoms with Crippen LogP contribution in [0.5, 0.6) is 0 Å². The third kappa shape index (κ3) is 2.46. The zero-order valence-electron chi connectivity index (χ0n) is 11.2. The Morgan fingerprint density at radius 1 is 1.32 bits per heavy atom. The Kier molecular flexibility index (Phi) is 3.21. The fraction of sp³-hybridized carbons (Fsp3) is 0.429. The maximum atomic E-state index is 5.86. The SMILES string of the molecule is CCn1ncnc1CN1CCc2ccc(N)cc2C1. The Labute approximate surface area is 113 Å². The van der Waals surface area contributed by atoms with Crippen LogP contribution >= 0.6 is 0 Å². The predicted molar refractivity (Wildman–Crippen MR) is 74.4 cm³/mol. The highest BCUT2D eigenvalue weighted by molar-refractivity contribution is 5.45. The van der Waals surface area contributed by atoms with Crippen molar-refractivity contribution in [2.75, 3.05) is 12.3 Å². The van der Waals surface area contributed by atoms with Gasteiger partial charge in [0, 0.05) is 25.3 Å². The topological polar surface area (TPSA) is 60.0 Å². The molecule has 19 heavy (non-hydrogen) atoms. The molecule has 5 heteroatoms. The summed E-state index contributed by atoms with van der Waals surface area (Å²) in [6, 6.07) is 6.23. The first-order chi connectivity index (χ1) is 9.26. The van der Waals surface area contributed by atoms with Crippen LogP contribution < -0.4 is 5.73 Å². The fourth-order valence-corrected chi connectivity index (χ4v) is 2.65. The van der Waals surface area contributed by atoms with Crippen molar-refractivity contribution in [1.29, 1.82) is 0 Å². The van der Waals surface area contributed by atoms with Gasteiger partial charge in [-0.3, -0.25) is 4.90 Å². The lowest BCUT2D eigenvalue weighted by Gasteiger charge is -2.28. The van der Waals surface area contributed by atoms with Crippen molar-refractivity contribution in [3.63, 3.8) is 0 Å². The zero-order valence-corrected chi connectivity index (χ0v) is 11.2. The lowest BCUT2D eigenvalue weighted by molar-refractivity contribution is 0.235. The molecule has 0 saturated carbocycles. The lowest BCUT2D eigenvalue weighted by atomic mass is 9.99. The average molecular weight is 257 g/mol. The van der Waals surface area contributed by atoms with E-state index in [2.05, 4.69) is 34.0 Å². The zero-order chi connectivity index (χ0) is 13.2. The molecule has 1 aromatic heterocycles. The molecule has 5 nitrogen and oxygen atoms in total. The minimum Gasteiger partial charge on any atom is -0.399 e. The second-order valence-electron chi connectivity index (χ2n) is 4.98. The van der Waals surface area contributed by atoms with Crippen LogP contribution in [0.4, 0.5) is 5.69 Å². The van der Waals surface area contributed by atoms with Crippen molar-refractivity contribution >= 4 is 5.69 Å². The van der Waals surface area contributed by atoms with Crippen molar-refractivity contribution in [2.24, 2.45) is 0 Å². The van der Waals surface area contributed by atoms with Crippen molar-refractivity contribution in [1.82, 2.24) is 19.7 Å². The fourth-order valence-electron chi connectivity index (χ4n) is 2.65. The molecule has 0 fully saturated rings. The van der Waals surface area contributed by atoms with Crippen LogP contribution in [0, 0.1) is 0 Å². The number of nitrogens with zero attached hydrogens (tertiary/aromatic N) is 4. The Balaban J connectivity index is 1.75. The van der Waals surface area contributed by atoms with Crippen LogP contribution in [0.15, 0.2) is 24.5 Å². The van der Waals surface area contributed by atoms with Gasteiger partial charge in [0.1, 0.15) is 12.2 Å². The van der Waals surface area contributed by atoms with Gasteiger partial charge in [0.15, 0.2) is 0 Å². The van der Waals surface area contributed by atoms with E-state index in [1.54, 1.807) is 6.33 Å². The van der Waals surface area contributed by atoms with E-state index in [1.807, 2.05) is 10.7 Å². The second-order valence-corrected chi connectivity index (χ2v) is 4.98. The van der Waals surface area contributed by atoms with Gasteiger partial charge < -0.3 is 5.73 Å². The summed E-state index contributed by atoms with van der Waals surface area (Å²) in [5, 5.41) is 4.22. The Morgan fingerprint density at radius 3 is 3.05 bits per heavy atom. The molecule has 0 unspecified atom stereocenters. The number of hydrogen-bond donors (Lipinski definition) is 1. The van der Waals surface area contributed by atoms with Crippen molar-refractivity contribution in [3.8, 4) is 0 Å². The third-order valence-electron chi connectivity index (χ3n) is 3.68. The van der Waals surface area contributed by atoms with Gasteiger partial charge in [-0.25, -0.2) is 9.67 Å². The van der Waals surface area contributed by atoms with Gasteiger partial charge in [0.2, 0.25) is 0 Å². The minimum absolute atomic E-state index is 0.845. The molecule has 2 aromatic rings. The number of fused-ring (bicyclic) bond motifs is 1. The standard InChI is InChI=1S/C14H19N5/c1-2-19-14(16-10-17-19)9-18-6-5-11-3-4-13(15)7-12(11)8-18/h3-4,7,10H,2,5-6,8-9,15H2,1H3. The second kappa shape index (κ2) is 5.01. The van der Waals surface area contributed by atoms with Crippen LogP contribution in [0.25, 0.3) is 0 Å². The molecule has 0 saturated heterocycles. The van der Waals surface area contributed by atoms with Gasteiger partial charge in [-0.2, -0.15) is 5.10 Å². The van der Waals surface area contributed by atoms with Crippen molar-refractivity contribution in [3.05, 3.63) is 41.5 Å². The maximum absolute atomic E-state index is 5.86. The molecule has 3 rings (SSSR count). The van der Waals surface area contributed by atoms with E-state index in [-0.39, 0.29) is 0 Å². The van der Waals surface area contributed by atoms with Gasteiger partial charge >= 0.3 is 0 Å². The summed E-state index contributed by atoms with van der Waals surface area (Å²) in [6.45, 7) is 5.81. The molecule has 0 spiro atoms. The molecular weight excluding hydrogens is 238 g/mol. The lowest BCUT2D eigenvalue weighted by Crippen LogP contribution is -2.31. The summed E-state index contributed by atoms with van der Waals surface area (Å²) < 4.78 is 1.95. The highest BCUT2D eigenvalue weighted by Crippen LogP contribution is 2.22. The number of benzene rings is 1. The third-order valence-corrected chi connectivity index (χ3v) is 3.68. The molecular formula is C14H19N5. The summed E-state index contributed by atoms with van der Waals surface area (Å²) in [5.74, 6) is 1.04. The molecule has 1 aliphatic rings. The molecule has 1 aromatic carbocycles. The van der Waals surface area contributed by atoms with Gasteiger partial charge in [0.25, 0.3) is 0 Å². The normalized spacial score (nSPS) is 15.4. The molecule has 2 heterocycles. The number of nitrogen functional groups attached to an aromatic ring is 1. The van der Waals surface area contributed by atoms with E-state index in [0.717, 1.165) is 44.1 Å². The average Bonchev–Trinajstić information content (AvgIpc) is 2.85. The van der Waals surface area contributed by atoms with Crippen LogP contribution in [-0.2, 0) is 26.1 Å². The summed E-state index contributed by atoms with van der Waals surface area (Å²) in [7, 11) is 0. The van der Waals surface area contributed by atoms with E-state index in [0.29, 0.717) is 0 Å². The van der Waals surface area contributed by atoms with Gasteiger partial charge in [-0.05, 0) is 36.6 Å². The summed E-state index contributed by atoms with van der Waals surface area (Å²) in [4.78, 5) is 6.74. The van der Waals surface area contributed by atoms with E-state index >= 15 is 0 Å². The molecule has 100 valence electrons. The number of rotatable bonds is 3. The van der Waals surface area contributed by atoms with E-state index in [9.17, 15) is 0 Å². The number of aromatic nitrogens is 3. The number of nitrogens with two attached hydrogens (primary N) is 1. The van der Waals surface area contributed by atoms with E-state index in [4.69, 9.17) is 5.73 Å². The molecule has 0 radical (unpaired) electrons. The van der Waals surface area contributed by atoms with Gasteiger partial charge in [0.05, 0.1) is 6.54 Å². The highest BCUT2D eigenvalue weighted by atomic mass is 15.3. The highest BCUT2D eigenvalue weighted by Gasteiger charge is 2.18. The predicted octanol–water partition coefficient (Wildman–Crippen LogP) is 1.44. The monoisotopic (exact) mass is 257 g/mol. The molecule has 1 aliphatic heterocycles. The molecule has 0 aliphatic carbocycles. The summed E-state index contributed by atoms with van der Waals surface area (Å²) in [5.41, 5.74) is 9.47. The van der Waals surface area contributed by atoms with Crippen LogP contribution in [-0.4, -0.2) is 26.2 Å². The quantitative estimate of drug-likeness (QED) is 0.845. The Morgan fingerprint density at radius 2 is 2.21 bits per heavy atom. The van der Waals surface area contributed by atoms with Gasteiger partial charge in [-0.15, -0.1) is 0 Å². The minimum atomic E-state index is 0.845. The number of aryl methyl sites for hydroxylation is 1. The first-order valence-corrected chi connectivity index (χ1v) is 6.72. The first kappa shape index (κ1) is 12.2. The molecule has 0 atom stereocenters. The van der Waals surface area contributed by atoms with Gasteiger partial charge in [-0.1, -0.05) is 6.07 Å². The van der Waals surface area contributed by atoms with Crippen molar-refractivity contribution in [2.45, 2.75) is 33.0 Å². The molecule has 2 N–H and O–H groups in total. The largest absolute Gasteiger partial charge is 0.399 e. The smallest absolute Gasteiger partial charge is 0.141 e. The Bertz CT molecular complexity index is 575. The number of anilines is 1.